The summed E-state index contributed by atoms with van der Waals surface area (Å²) in [4.78, 5) is 4.44. The summed E-state index contributed by atoms with van der Waals surface area (Å²) in [6.45, 7) is 0.607. The molecule has 0 aromatic heterocycles. The molecule has 0 saturated heterocycles. The Morgan fingerprint density at radius 1 is 1.47 bits per heavy atom. The predicted octanol–water partition coefficient (Wildman–Crippen LogP) is 1.68. The number of hydrogen-bond donors (Lipinski definition) is 3. The third-order valence-electron chi connectivity index (χ3n) is 2.27. The molecular weight excluding hydrogens is 188 g/mol. The Bertz CT molecular complexity index is 446. The Morgan fingerprint density at radius 2 is 2.27 bits per heavy atom. The number of benzene rings is 1. The number of nitrogens with zero attached hydrogens (tertiary/aromatic N) is 1. The average molecular weight is 200 g/mol. The van der Waals surface area contributed by atoms with E-state index in [1.54, 1.807) is 0 Å². The summed E-state index contributed by atoms with van der Waals surface area (Å²) in [6, 6.07) is 7.80. The van der Waals surface area contributed by atoms with Gasteiger partial charge in [0.2, 0.25) is 0 Å². The monoisotopic (exact) mass is 200 g/mol. The van der Waals surface area contributed by atoms with Crippen LogP contribution in [0.15, 0.2) is 41.0 Å². The van der Waals surface area contributed by atoms with Crippen LogP contribution in [0.1, 0.15) is 0 Å². The molecule has 0 aliphatic carbocycles. The number of anilines is 1. The van der Waals surface area contributed by atoms with E-state index in [1.807, 2.05) is 24.3 Å². The normalized spacial score (nSPS) is 14.9. The van der Waals surface area contributed by atoms with Gasteiger partial charge in [-0.05, 0) is 12.1 Å². The van der Waals surface area contributed by atoms with E-state index in [2.05, 4.69) is 10.3 Å². The second kappa shape index (κ2) is 3.96. The summed E-state index contributed by atoms with van der Waals surface area (Å²) in [6.07, 6.45) is 2.62. The lowest BCUT2D eigenvalue weighted by atomic mass is 10.1. The Balaban J connectivity index is 2.41. The van der Waals surface area contributed by atoms with Gasteiger partial charge in [0.25, 0.3) is 0 Å². The molecule has 1 aliphatic rings. The molecule has 4 nitrogen and oxygen atoms in total. The molecule has 76 valence electrons. The molecule has 1 aliphatic heterocycles. The molecule has 1 aromatic rings. The van der Waals surface area contributed by atoms with Crippen LogP contribution in [0, 0.1) is 5.41 Å². The fraction of sp³-hybridized carbons (Fsp3) is 0.0909. The van der Waals surface area contributed by atoms with E-state index < -0.39 is 0 Å². The lowest BCUT2D eigenvalue weighted by Crippen LogP contribution is -2.20. The first-order valence-electron chi connectivity index (χ1n) is 4.68. The van der Waals surface area contributed by atoms with Gasteiger partial charge < -0.3 is 16.5 Å². The molecule has 0 bridgehead atoms. The Hall–Kier alpha value is -2.10. The van der Waals surface area contributed by atoms with Crippen LogP contribution < -0.4 is 11.1 Å². The SMILES string of the molecule is N=C/C(=C\N)C1=Nc2ccccc2NC1. The zero-order valence-electron chi connectivity index (χ0n) is 8.20. The molecule has 0 amide bonds. The van der Waals surface area contributed by atoms with E-state index in [4.69, 9.17) is 11.1 Å². The van der Waals surface area contributed by atoms with Crippen molar-refractivity contribution in [3.05, 3.63) is 36.0 Å². The van der Waals surface area contributed by atoms with Crippen molar-refractivity contribution in [2.75, 3.05) is 11.9 Å². The van der Waals surface area contributed by atoms with Gasteiger partial charge in [0.15, 0.2) is 0 Å². The van der Waals surface area contributed by atoms with Crippen molar-refractivity contribution in [2.45, 2.75) is 0 Å². The van der Waals surface area contributed by atoms with E-state index in [1.165, 1.54) is 12.4 Å². The van der Waals surface area contributed by atoms with Gasteiger partial charge in [0, 0.05) is 18.0 Å². The van der Waals surface area contributed by atoms with Crippen molar-refractivity contribution < 1.29 is 0 Å². The molecule has 0 spiro atoms. The quantitative estimate of drug-likeness (QED) is 0.635. The first-order chi connectivity index (χ1) is 7.35. The molecule has 15 heavy (non-hydrogen) atoms. The van der Waals surface area contributed by atoms with E-state index >= 15 is 0 Å². The smallest absolute Gasteiger partial charge is 0.0865 e. The maximum Gasteiger partial charge on any atom is 0.0865 e. The Kier molecular flexibility index (Phi) is 2.49. The first kappa shape index (κ1) is 9.45. The zero-order chi connectivity index (χ0) is 10.7. The Morgan fingerprint density at radius 3 is 3.00 bits per heavy atom. The average Bonchev–Trinajstić information content (AvgIpc) is 2.30. The summed E-state index contributed by atoms with van der Waals surface area (Å²) in [5, 5.41) is 10.4. The van der Waals surface area contributed by atoms with Crippen molar-refractivity contribution in [2.24, 2.45) is 10.7 Å². The summed E-state index contributed by atoms with van der Waals surface area (Å²) in [5.41, 5.74) is 8.76. The molecule has 4 N–H and O–H groups in total. The third-order valence-corrected chi connectivity index (χ3v) is 2.27. The molecule has 0 radical (unpaired) electrons. The number of rotatable bonds is 2. The van der Waals surface area contributed by atoms with Gasteiger partial charge in [-0.3, -0.25) is 0 Å². The number of aliphatic imine (C=N–C) groups is 1. The minimum Gasteiger partial charge on any atom is -0.404 e. The lowest BCUT2D eigenvalue weighted by Gasteiger charge is -2.17. The molecule has 0 unspecified atom stereocenters. The van der Waals surface area contributed by atoms with E-state index in [0.29, 0.717) is 12.1 Å². The van der Waals surface area contributed by atoms with Gasteiger partial charge in [0.05, 0.1) is 23.6 Å². The predicted molar refractivity (Wildman–Crippen MR) is 63.1 cm³/mol. The minimum absolute atomic E-state index is 0.607. The summed E-state index contributed by atoms with van der Waals surface area (Å²) >= 11 is 0. The van der Waals surface area contributed by atoms with Crippen LogP contribution in [0.5, 0.6) is 0 Å². The highest BCUT2D eigenvalue weighted by molar-refractivity contribution is 6.18. The second-order valence-electron chi connectivity index (χ2n) is 3.20. The van der Waals surface area contributed by atoms with Gasteiger partial charge in [-0.1, -0.05) is 12.1 Å². The standard InChI is InChI=1S/C11H12N4/c12-5-8(6-13)11-7-14-9-3-1-2-4-10(9)15-11/h1-6,12,14H,7,13H2/b8-6+,12-5?. The highest BCUT2D eigenvalue weighted by atomic mass is 15.0. The zero-order valence-corrected chi connectivity index (χ0v) is 8.20. The number of nitrogens with one attached hydrogen (secondary N) is 2. The fourth-order valence-corrected chi connectivity index (χ4v) is 1.48. The van der Waals surface area contributed by atoms with E-state index in [-0.39, 0.29) is 0 Å². The molecule has 1 heterocycles. The van der Waals surface area contributed by atoms with Crippen LogP contribution in [0.25, 0.3) is 0 Å². The minimum atomic E-state index is 0.607. The highest BCUT2D eigenvalue weighted by Crippen LogP contribution is 2.27. The van der Waals surface area contributed by atoms with Crippen LogP contribution in [0.2, 0.25) is 0 Å². The molecule has 0 fully saturated rings. The van der Waals surface area contributed by atoms with Gasteiger partial charge in [-0.2, -0.15) is 0 Å². The molecule has 1 aromatic carbocycles. The maximum absolute atomic E-state index is 7.20. The van der Waals surface area contributed by atoms with Gasteiger partial charge in [0.1, 0.15) is 0 Å². The Labute approximate surface area is 88.0 Å². The van der Waals surface area contributed by atoms with Crippen LogP contribution in [0.3, 0.4) is 0 Å². The van der Waals surface area contributed by atoms with Crippen molar-refractivity contribution in [3.8, 4) is 0 Å². The van der Waals surface area contributed by atoms with Gasteiger partial charge in [-0.25, -0.2) is 4.99 Å². The van der Waals surface area contributed by atoms with Crippen molar-refractivity contribution in [1.29, 1.82) is 5.41 Å². The fourth-order valence-electron chi connectivity index (χ4n) is 1.48. The van der Waals surface area contributed by atoms with Crippen LogP contribution in [-0.4, -0.2) is 18.5 Å². The van der Waals surface area contributed by atoms with Gasteiger partial charge in [-0.15, -0.1) is 0 Å². The van der Waals surface area contributed by atoms with Crippen LogP contribution in [0.4, 0.5) is 11.4 Å². The van der Waals surface area contributed by atoms with Crippen molar-refractivity contribution in [1.82, 2.24) is 0 Å². The van der Waals surface area contributed by atoms with E-state index in [0.717, 1.165) is 17.1 Å². The first-order valence-corrected chi connectivity index (χ1v) is 4.68. The largest absolute Gasteiger partial charge is 0.404 e. The molecule has 0 saturated carbocycles. The number of nitrogens with two attached hydrogens (primary N) is 1. The molecule has 4 heteroatoms. The third kappa shape index (κ3) is 1.74. The topological polar surface area (TPSA) is 74.3 Å². The summed E-state index contributed by atoms with van der Waals surface area (Å²) in [7, 11) is 0. The molecule has 2 rings (SSSR count). The molecular formula is C11H12N4. The van der Waals surface area contributed by atoms with Gasteiger partial charge >= 0.3 is 0 Å². The maximum atomic E-state index is 7.20. The number of fused-ring (bicyclic) bond motifs is 1. The number of hydrogen-bond acceptors (Lipinski definition) is 4. The highest BCUT2D eigenvalue weighted by Gasteiger charge is 2.12. The van der Waals surface area contributed by atoms with Crippen LogP contribution >= 0.6 is 0 Å². The lowest BCUT2D eigenvalue weighted by molar-refractivity contribution is 1.29. The van der Waals surface area contributed by atoms with Crippen molar-refractivity contribution >= 4 is 23.3 Å². The van der Waals surface area contributed by atoms with E-state index in [9.17, 15) is 0 Å². The summed E-state index contributed by atoms with van der Waals surface area (Å²) < 4.78 is 0. The number of para-hydroxylation sites is 2. The van der Waals surface area contributed by atoms with Crippen LogP contribution in [-0.2, 0) is 0 Å². The summed E-state index contributed by atoms with van der Waals surface area (Å²) in [5.74, 6) is 0. The second-order valence-corrected chi connectivity index (χ2v) is 3.20. The van der Waals surface area contributed by atoms with Crippen molar-refractivity contribution in [3.63, 3.8) is 0 Å². The molecule has 0 atom stereocenters.